The number of carbonyl (C=O) groups excluding carboxylic acids is 1. The number of benzene rings is 2. The lowest BCUT2D eigenvalue weighted by atomic mass is 10.2. The van der Waals surface area contributed by atoms with E-state index in [9.17, 15) is 4.79 Å². The van der Waals surface area contributed by atoms with Gasteiger partial charge in [-0.2, -0.15) is 0 Å². The van der Waals surface area contributed by atoms with Crippen molar-refractivity contribution >= 4 is 17.6 Å². The molecule has 0 atom stereocenters. The van der Waals surface area contributed by atoms with E-state index in [4.69, 9.17) is 14.2 Å². The second kappa shape index (κ2) is 7.81. The van der Waals surface area contributed by atoms with Crippen LogP contribution >= 0.6 is 11.3 Å². The van der Waals surface area contributed by atoms with Gasteiger partial charge in [-0.3, -0.25) is 4.79 Å². The third-order valence-electron chi connectivity index (χ3n) is 3.57. The Hall–Kier alpha value is -2.86. The first-order valence-corrected chi connectivity index (χ1v) is 8.46. The largest absolute Gasteiger partial charge is 0.497 e. The number of methoxy groups -OCH3 is 2. The molecule has 25 heavy (non-hydrogen) atoms. The Balaban J connectivity index is 1.73. The second-order valence-electron chi connectivity index (χ2n) is 5.19. The second-order valence-corrected chi connectivity index (χ2v) is 6.05. The molecule has 5 nitrogen and oxygen atoms in total. The van der Waals surface area contributed by atoms with Crippen molar-refractivity contribution in [2.24, 2.45) is 0 Å². The van der Waals surface area contributed by atoms with Crippen LogP contribution in [0.5, 0.6) is 17.2 Å². The van der Waals surface area contributed by atoms with Gasteiger partial charge in [0.15, 0.2) is 11.5 Å². The Bertz CT molecular complexity index is 875. The normalized spacial score (nSPS) is 10.3. The number of carbonyl (C=O) groups is 1. The Morgan fingerprint density at radius 3 is 2.72 bits per heavy atom. The van der Waals surface area contributed by atoms with Gasteiger partial charge in [-0.1, -0.05) is 12.1 Å². The highest BCUT2D eigenvalue weighted by Gasteiger charge is 2.09. The van der Waals surface area contributed by atoms with Gasteiger partial charge in [0, 0.05) is 16.5 Å². The van der Waals surface area contributed by atoms with Gasteiger partial charge in [-0.05, 0) is 30.3 Å². The summed E-state index contributed by atoms with van der Waals surface area (Å²) < 4.78 is 16.3. The minimum Gasteiger partial charge on any atom is -0.497 e. The third kappa shape index (κ3) is 3.97. The maximum atomic E-state index is 10.8. The third-order valence-corrected chi connectivity index (χ3v) is 4.51. The summed E-state index contributed by atoms with van der Waals surface area (Å²) in [4.78, 5) is 15.4. The van der Waals surface area contributed by atoms with E-state index in [0.29, 0.717) is 23.7 Å². The van der Waals surface area contributed by atoms with E-state index in [0.717, 1.165) is 28.3 Å². The highest BCUT2D eigenvalue weighted by Crippen LogP contribution is 2.30. The van der Waals surface area contributed by atoms with Crippen LogP contribution in [-0.2, 0) is 6.61 Å². The van der Waals surface area contributed by atoms with Gasteiger partial charge in [0.1, 0.15) is 23.7 Å². The van der Waals surface area contributed by atoms with Crippen LogP contribution in [0.2, 0.25) is 0 Å². The van der Waals surface area contributed by atoms with Crippen molar-refractivity contribution in [2.45, 2.75) is 6.61 Å². The lowest BCUT2D eigenvalue weighted by Gasteiger charge is -2.09. The molecule has 0 unspecified atom stereocenters. The molecule has 1 aromatic heterocycles. The summed E-state index contributed by atoms with van der Waals surface area (Å²) in [7, 11) is 3.18. The molecular formula is C19H17NO4S. The molecular weight excluding hydrogens is 338 g/mol. The molecule has 128 valence electrons. The summed E-state index contributed by atoms with van der Waals surface area (Å²) in [5, 5.41) is 2.86. The Morgan fingerprint density at radius 1 is 1.08 bits per heavy atom. The minimum atomic E-state index is 0.317. The molecule has 3 rings (SSSR count). The standard InChI is InChI=1S/C19H17NO4S/c1-22-16-5-3-4-14(9-16)19-20-15(12-25-19)11-24-17-7-6-13(10-21)8-18(17)23-2/h3-10,12H,11H2,1-2H3. The first kappa shape index (κ1) is 17.0. The van der Waals surface area contributed by atoms with Crippen molar-refractivity contribution in [3.05, 3.63) is 59.1 Å². The van der Waals surface area contributed by atoms with Crippen molar-refractivity contribution in [1.29, 1.82) is 0 Å². The summed E-state index contributed by atoms with van der Waals surface area (Å²) >= 11 is 1.55. The van der Waals surface area contributed by atoms with Crippen LogP contribution in [-0.4, -0.2) is 25.5 Å². The molecule has 0 spiro atoms. The average molecular weight is 355 g/mol. The van der Waals surface area contributed by atoms with E-state index in [1.807, 2.05) is 29.6 Å². The molecule has 0 N–H and O–H groups in total. The highest BCUT2D eigenvalue weighted by atomic mass is 32.1. The number of aldehydes is 1. The SMILES string of the molecule is COc1cccc(-c2nc(COc3ccc(C=O)cc3OC)cs2)c1. The number of hydrogen-bond donors (Lipinski definition) is 0. The number of rotatable bonds is 7. The fourth-order valence-corrected chi connectivity index (χ4v) is 3.09. The van der Waals surface area contributed by atoms with E-state index >= 15 is 0 Å². The van der Waals surface area contributed by atoms with Crippen molar-refractivity contribution in [3.8, 4) is 27.8 Å². The number of hydrogen-bond acceptors (Lipinski definition) is 6. The Morgan fingerprint density at radius 2 is 1.96 bits per heavy atom. The molecule has 0 radical (unpaired) electrons. The quantitative estimate of drug-likeness (QED) is 0.594. The van der Waals surface area contributed by atoms with Crippen molar-refractivity contribution in [1.82, 2.24) is 4.98 Å². The fourth-order valence-electron chi connectivity index (χ4n) is 2.29. The molecule has 0 bridgehead atoms. The van der Waals surface area contributed by atoms with Crippen molar-refractivity contribution in [3.63, 3.8) is 0 Å². The van der Waals surface area contributed by atoms with Gasteiger partial charge in [0.2, 0.25) is 0 Å². The number of thiazole rings is 1. The molecule has 6 heteroatoms. The highest BCUT2D eigenvalue weighted by molar-refractivity contribution is 7.13. The number of aromatic nitrogens is 1. The van der Waals surface area contributed by atoms with Gasteiger partial charge >= 0.3 is 0 Å². The fraction of sp³-hybridized carbons (Fsp3) is 0.158. The van der Waals surface area contributed by atoms with Crippen LogP contribution < -0.4 is 14.2 Å². The summed E-state index contributed by atoms with van der Waals surface area (Å²) in [5.74, 6) is 1.89. The van der Waals surface area contributed by atoms with E-state index in [2.05, 4.69) is 4.98 Å². The van der Waals surface area contributed by atoms with Crippen molar-refractivity contribution < 1.29 is 19.0 Å². The van der Waals surface area contributed by atoms with E-state index in [1.54, 1.807) is 43.8 Å². The molecule has 0 amide bonds. The van der Waals surface area contributed by atoms with Gasteiger partial charge < -0.3 is 14.2 Å². The molecule has 2 aromatic carbocycles. The zero-order valence-electron chi connectivity index (χ0n) is 13.9. The lowest BCUT2D eigenvalue weighted by molar-refractivity contribution is 0.112. The topological polar surface area (TPSA) is 57.7 Å². The van der Waals surface area contributed by atoms with Gasteiger partial charge in [-0.25, -0.2) is 4.98 Å². The van der Waals surface area contributed by atoms with Crippen LogP contribution in [0.1, 0.15) is 16.1 Å². The summed E-state index contributed by atoms with van der Waals surface area (Å²) in [6.07, 6.45) is 0.771. The first-order chi connectivity index (χ1) is 12.2. The minimum absolute atomic E-state index is 0.317. The number of nitrogens with zero attached hydrogens (tertiary/aromatic N) is 1. The van der Waals surface area contributed by atoms with Gasteiger partial charge in [0.05, 0.1) is 19.9 Å². The zero-order chi connectivity index (χ0) is 17.6. The Kier molecular flexibility index (Phi) is 5.30. The average Bonchev–Trinajstić information content (AvgIpc) is 3.15. The summed E-state index contributed by atoms with van der Waals surface area (Å²) in [6, 6.07) is 12.8. The molecule has 0 aliphatic rings. The lowest BCUT2D eigenvalue weighted by Crippen LogP contribution is -1.98. The Labute approximate surface area is 149 Å². The van der Waals surface area contributed by atoms with Crippen LogP contribution in [0.25, 0.3) is 10.6 Å². The van der Waals surface area contributed by atoms with E-state index in [-0.39, 0.29) is 0 Å². The maximum Gasteiger partial charge on any atom is 0.161 e. The van der Waals surface area contributed by atoms with Crippen LogP contribution in [0.4, 0.5) is 0 Å². The molecule has 0 aliphatic heterocycles. The summed E-state index contributed by atoms with van der Waals surface area (Å²) in [6.45, 7) is 0.317. The molecule has 0 saturated heterocycles. The molecule has 1 heterocycles. The van der Waals surface area contributed by atoms with Crippen LogP contribution in [0.3, 0.4) is 0 Å². The molecule has 0 aliphatic carbocycles. The van der Waals surface area contributed by atoms with Gasteiger partial charge in [0.25, 0.3) is 0 Å². The van der Waals surface area contributed by atoms with Crippen LogP contribution in [0.15, 0.2) is 47.8 Å². The zero-order valence-corrected chi connectivity index (χ0v) is 14.7. The van der Waals surface area contributed by atoms with Gasteiger partial charge in [-0.15, -0.1) is 11.3 Å². The number of ether oxygens (including phenoxy) is 3. The molecule has 0 saturated carbocycles. The summed E-state index contributed by atoms with van der Waals surface area (Å²) in [5.41, 5.74) is 2.37. The molecule has 0 fully saturated rings. The predicted octanol–water partition coefficient (Wildman–Crippen LogP) is 4.22. The maximum absolute atomic E-state index is 10.8. The smallest absolute Gasteiger partial charge is 0.161 e. The monoisotopic (exact) mass is 355 g/mol. The molecule has 3 aromatic rings. The van der Waals surface area contributed by atoms with E-state index in [1.165, 1.54) is 0 Å². The van der Waals surface area contributed by atoms with Crippen molar-refractivity contribution in [2.75, 3.05) is 14.2 Å². The first-order valence-electron chi connectivity index (χ1n) is 7.58. The van der Waals surface area contributed by atoms with E-state index < -0.39 is 0 Å². The predicted molar refractivity (Wildman–Crippen MR) is 96.8 cm³/mol. The van der Waals surface area contributed by atoms with Crippen LogP contribution in [0, 0.1) is 0 Å².